The molecule has 21 heavy (non-hydrogen) atoms. The number of benzene rings is 1. The molecule has 1 heterocycles. The molecule has 0 radical (unpaired) electrons. The van der Waals surface area contributed by atoms with E-state index in [-0.39, 0.29) is 0 Å². The zero-order valence-electron chi connectivity index (χ0n) is 13.1. The van der Waals surface area contributed by atoms with E-state index < -0.39 is 0 Å². The van der Waals surface area contributed by atoms with Crippen LogP contribution in [0.3, 0.4) is 0 Å². The molecule has 0 amide bonds. The van der Waals surface area contributed by atoms with Crippen molar-refractivity contribution in [1.29, 1.82) is 0 Å². The highest BCUT2D eigenvalue weighted by molar-refractivity contribution is 5.53. The summed E-state index contributed by atoms with van der Waals surface area (Å²) in [5, 5.41) is 3.59. The summed E-state index contributed by atoms with van der Waals surface area (Å²) in [6.45, 7) is 2.50. The van der Waals surface area contributed by atoms with E-state index in [2.05, 4.69) is 5.32 Å². The fourth-order valence-corrected chi connectivity index (χ4v) is 2.61. The number of nitrogens with one attached hydrogen (secondary N) is 1. The highest BCUT2D eigenvalue weighted by Gasteiger charge is 2.15. The Morgan fingerprint density at radius 3 is 2.38 bits per heavy atom. The smallest absolute Gasteiger partial charge is 0.203 e. The maximum atomic E-state index is 5.48. The Bertz CT molecular complexity index is 417. The summed E-state index contributed by atoms with van der Waals surface area (Å²) >= 11 is 0. The number of ether oxygens (including phenoxy) is 4. The van der Waals surface area contributed by atoms with Gasteiger partial charge >= 0.3 is 0 Å². The van der Waals surface area contributed by atoms with Crippen LogP contribution in [-0.2, 0) is 11.3 Å². The van der Waals surface area contributed by atoms with Crippen molar-refractivity contribution >= 4 is 0 Å². The average molecular weight is 295 g/mol. The van der Waals surface area contributed by atoms with Gasteiger partial charge in [0.15, 0.2) is 11.5 Å². The molecule has 2 rings (SSSR count). The van der Waals surface area contributed by atoms with Gasteiger partial charge < -0.3 is 24.3 Å². The summed E-state index contributed by atoms with van der Waals surface area (Å²) in [7, 11) is 4.89. The molecule has 1 aromatic carbocycles. The van der Waals surface area contributed by atoms with Gasteiger partial charge in [0.2, 0.25) is 5.75 Å². The van der Waals surface area contributed by atoms with E-state index >= 15 is 0 Å². The lowest BCUT2D eigenvalue weighted by molar-refractivity contribution is 0.142. The zero-order chi connectivity index (χ0) is 15.1. The lowest BCUT2D eigenvalue weighted by Crippen LogP contribution is -2.28. The van der Waals surface area contributed by atoms with Gasteiger partial charge in [-0.2, -0.15) is 0 Å². The second-order valence-electron chi connectivity index (χ2n) is 5.15. The minimum Gasteiger partial charge on any atom is -0.493 e. The molecule has 0 aliphatic carbocycles. The number of hydrogen-bond acceptors (Lipinski definition) is 5. The van der Waals surface area contributed by atoms with Crippen molar-refractivity contribution in [2.75, 3.05) is 34.5 Å². The van der Waals surface area contributed by atoms with Crippen LogP contribution < -0.4 is 19.5 Å². The Labute approximate surface area is 126 Å². The number of hydrogen-bond donors (Lipinski definition) is 1. The summed E-state index contributed by atoms with van der Waals surface area (Å²) in [6.07, 6.45) is 3.34. The van der Waals surface area contributed by atoms with Crippen LogP contribution >= 0.6 is 0 Å². The van der Waals surface area contributed by atoms with Crippen LogP contribution in [0.1, 0.15) is 24.8 Å². The van der Waals surface area contributed by atoms with Crippen LogP contribution in [0.4, 0.5) is 0 Å². The lowest BCUT2D eigenvalue weighted by atomic mass is 10.1. The van der Waals surface area contributed by atoms with Crippen LogP contribution in [0.15, 0.2) is 12.1 Å². The van der Waals surface area contributed by atoms with Crippen molar-refractivity contribution in [1.82, 2.24) is 5.32 Å². The number of rotatable bonds is 6. The van der Waals surface area contributed by atoms with Crippen LogP contribution in [0.5, 0.6) is 17.2 Å². The first-order valence-corrected chi connectivity index (χ1v) is 7.38. The van der Waals surface area contributed by atoms with Crippen LogP contribution in [0.25, 0.3) is 0 Å². The van der Waals surface area contributed by atoms with Gasteiger partial charge in [0, 0.05) is 25.8 Å². The Kier molecular flexibility index (Phi) is 6.14. The molecule has 1 aliphatic heterocycles. The molecule has 1 aromatic rings. The molecule has 1 saturated heterocycles. The predicted octanol–water partition coefficient (Wildman–Crippen LogP) is 2.37. The maximum Gasteiger partial charge on any atom is 0.203 e. The molecular weight excluding hydrogens is 270 g/mol. The Hall–Kier alpha value is -1.46. The van der Waals surface area contributed by atoms with Gasteiger partial charge in [0.25, 0.3) is 0 Å². The highest BCUT2D eigenvalue weighted by atomic mass is 16.5. The van der Waals surface area contributed by atoms with Gasteiger partial charge in [-0.05, 0) is 37.0 Å². The quantitative estimate of drug-likeness (QED) is 0.873. The summed E-state index contributed by atoms with van der Waals surface area (Å²) in [5.41, 5.74) is 1.12. The largest absolute Gasteiger partial charge is 0.493 e. The van der Waals surface area contributed by atoms with Gasteiger partial charge in [-0.25, -0.2) is 0 Å². The molecule has 1 aliphatic rings. The fraction of sp³-hybridized carbons (Fsp3) is 0.625. The third kappa shape index (κ3) is 4.25. The minimum atomic E-state index is 0.506. The minimum absolute atomic E-state index is 0.506. The second kappa shape index (κ2) is 8.10. The van der Waals surface area contributed by atoms with Gasteiger partial charge in [-0.15, -0.1) is 0 Å². The van der Waals surface area contributed by atoms with Crippen molar-refractivity contribution < 1.29 is 18.9 Å². The first-order chi connectivity index (χ1) is 10.3. The molecule has 1 fully saturated rings. The van der Waals surface area contributed by atoms with E-state index in [0.717, 1.165) is 44.6 Å². The summed E-state index contributed by atoms with van der Waals surface area (Å²) in [5.74, 6) is 2.02. The van der Waals surface area contributed by atoms with E-state index in [4.69, 9.17) is 18.9 Å². The molecule has 1 unspecified atom stereocenters. The second-order valence-corrected chi connectivity index (χ2v) is 5.15. The highest BCUT2D eigenvalue weighted by Crippen LogP contribution is 2.38. The van der Waals surface area contributed by atoms with Crippen LogP contribution in [0, 0.1) is 0 Å². The normalized spacial score (nSPS) is 18.9. The van der Waals surface area contributed by atoms with Gasteiger partial charge in [-0.1, -0.05) is 0 Å². The van der Waals surface area contributed by atoms with E-state index in [0.29, 0.717) is 23.3 Å². The molecule has 0 aromatic heterocycles. The average Bonchev–Trinajstić information content (AvgIpc) is 2.80. The number of methoxy groups -OCH3 is 3. The molecule has 0 spiro atoms. The molecule has 5 heteroatoms. The lowest BCUT2D eigenvalue weighted by Gasteiger charge is -2.18. The Balaban J connectivity index is 2.05. The molecule has 1 N–H and O–H groups in total. The van der Waals surface area contributed by atoms with E-state index in [1.54, 1.807) is 21.3 Å². The first kappa shape index (κ1) is 15.9. The Morgan fingerprint density at radius 1 is 1.05 bits per heavy atom. The Morgan fingerprint density at radius 2 is 1.76 bits per heavy atom. The standard InChI is InChI=1S/C16H25NO4/c1-18-14-9-12(10-15(19-2)16(14)20-3)11-17-13-5-4-7-21-8-6-13/h9-10,13,17H,4-8,11H2,1-3H3. The van der Waals surface area contributed by atoms with Crippen LogP contribution in [0.2, 0.25) is 0 Å². The molecule has 0 bridgehead atoms. The first-order valence-electron chi connectivity index (χ1n) is 7.38. The molecular formula is C16H25NO4. The van der Waals surface area contributed by atoms with Crippen molar-refractivity contribution in [2.45, 2.75) is 31.8 Å². The SMILES string of the molecule is COc1cc(CNC2CCCOCC2)cc(OC)c1OC. The maximum absolute atomic E-state index is 5.48. The van der Waals surface area contributed by atoms with Gasteiger partial charge in [0.05, 0.1) is 21.3 Å². The third-order valence-electron chi connectivity index (χ3n) is 3.77. The molecule has 5 nitrogen and oxygen atoms in total. The third-order valence-corrected chi connectivity index (χ3v) is 3.77. The molecule has 1 atom stereocenters. The zero-order valence-corrected chi connectivity index (χ0v) is 13.1. The summed E-state index contributed by atoms with van der Waals surface area (Å²) < 4.78 is 21.6. The molecule has 0 saturated carbocycles. The van der Waals surface area contributed by atoms with Crippen molar-refractivity contribution in [3.8, 4) is 17.2 Å². The van der Waals surface area contributed by atoms with Gasteiger partial charge in [-0.3, -0.25) is 0 Å². The summed E-state index contributed by atoms with van der Waals surface area (Å²) in [6, 6.07) is 4.48. The van der Waals surface area contributed by atoms with E-state index in [9.17, 15) is 0 Å². The topological polar surface area (TPSA) is 49.0 Å². The van der Waals surface area contributed by atoms with Crippen molar-refractivity contribution in [2.24, 2.45) is 0 Å². The summed E-state index contributed by atoms with van der Waals surface area (Å²) in [4.78, 5) is 0. The monoisotopic (exact) mass is 295 g/mol. The molecule has 118 valence electrons. The fourth-order valence-electron chi connectivity index (χ4n) is 2.61. The van der Waals surface area contributed by atoms with Crippen molar-refractivity contribution in [3.05, 3.63) is 17.7 Å². The van der Waals surface area contributed by atoms with Gasteiger partial charge in [0.1, 0.15) is 0 Å². The van der Waals surface area contributed by atoms with E-state index in [1.807, 2.05) is 12.1 Å². The van der Waals surface area contributed by atoms with Crippen molar-refractivity contribution in [3.63, 3.8) is 0 Å². The van der Waals surface area contributed by atoms with E-state index in [1.165, 1.54) is 0 Å². The predicted molar refractivity (Wildman–Crippen MR) is 81.4 cm³/mol. The van der Waals surface area contributed by atoms with Crippen LogP contribution in [-0.4, -0.2) is 40.6 Å².